The molecule has 0 aliphatic carbocycles. The lowest BCUT2D eigenvalue weighted by Gasteiger charge is -2.16. The van der Waals surface area contributed by atoms with Crippen LogP contribution in [0.1, 0.15) is 5.69 Å². The number of aromatic nitrogens is 2. The molecule has 1 aromatic carbocycles. The van der Waals surface area contributed by atoms with E-state index in [2.05, 4.69) is 0 Å². The van der Waals surface area contributed by atoms with Crippen molar-refractivity contribution in [2.45, 2.75) is 12.5 Å². The smallest absolute Gasteiger partial charge is 0.431 e. The monoisotopic (exact) mass is 424 g/mol. The van der Waals surface area contributed by atoms with Gasteiger partial charge in [0.25, 0.3) is 5.56 Å². The first kappa shape index (κ1) is 20.4. The van der Waals surface area contributed by atoms with Gasteiger partial charge in [0.05, 0.1) is 23.9 Å². The van der Waals surface area contributed by atoms with Crippen molar-refractivity contribution in [3.8, 4) is 11.4 Å². The molecule has 0 N–H and O–H groups in total. The summed E-state index contributed by atoms with van der Waals surface area (Å²) >= 11 is 5.90. The van der Waals surface area contributed by atoms with Crippen molar-refractivity contribution in [2.75, 3.05) is 19.8 Å². The summed E-state index contributed by atoms with van der Waals surface area (Å²) in [4.78, 5) is 24.5. The second kappa shape index (κ2) is 7.57. The van der Waals surface area contributed by atoms with Crippen LogP contribution in [0.4, 0.5) is 17.6 Å². The third-order valence-electron chi connectivity index (χ3n) is 3.92. The zero-order valence-electron chi connectivity index (χ0n) is 14.3. The highest BCUT2D eigenvalue weighted by Crippen LogP contribution is 2.30. The predicted octanol–water partition coefficient (Wildman–Crippen LogP) is 2.10. The Morgan fingerprint density at radius 3 is 2.46 bits per heavy atom. The Kier molecular flexibility index (Phi) is 5.50. The van der Waals surface area contributed by atoms with Gasteiger partial charge in [0.15, 0.2) is 6.29 Å². The molecule has 1 aliphatic rings. The quantitative estimate of drug-likeness (QED) is 0.703. The first-order chi connectivity index (χ1) is 13.1. The molecule has 0 bridgehead atoms. The van der Waals surface area contributed by atoms with Crippen LogP contribution in [0.3, 0.4) is 0 Å². The van der Waals surface area contributed by atoms with E-state index in [-0.39, 0.29) is 32.6 Å². The van der Waals surface area contributed by atoms with Crippen LogP contribution in [0, 0.1) is 5.82 Å². The molecule has 0 atom stereocenters. The lowest BCUT2D eigenvalue weighted by molar-refractivity contribution is -0.144. The summed E-state index contributed by atoms with van der Waals surface area (Å²) in [5, 5.41) is -0.170. The molecule has 152 valence electrons. The van der Waals surface area contributed by atoms with Crippen LogP contribution in [-0.2, 0) is 22.7 Å². The normalized spacial score (nSPS) is 15.2. The van der Waals surface area contributed by atoms with Crippen LogP contribution >= 0.6 is 11.6 Å². The highest BCUT2D eigenvalue weighted by atomic mass is 35.5. The van der Waals surface area contributed by atoms with E-state index in [0.29, 0.717) is 13.2 Å². The number of benzene rings is 1. The fraction of sp³-hybridized carbons (Fsp3) is 0.375. The number of nitrogens with zero attached hydrogens (tertiary/aromatic N) is 2. The summed E-state index contributed by atoms with van der Waals surface area (Å²) in [5.41, 5.74) is -4.80. The summed E-state index contributed by atoms with van der Waals surface area (Å²) in [7, 11) is 0.821. The Morgan fingerprint density at radius 1 is 1.21 bits per heavy atom. The van der Waals surface area contributed by atoms with Gasteiger partial charge in [0.1, 0.15) is 23.9 Å². The van der Waals surface area contributed by atoms with Gasteiger partial charge in [-0.3, -0.25) is 9.36 Å². The second-order valence-electron chi connectivity index (χ2n) is 5.76. The van der Waals surface area contributed by atoms with E-state index < -0.39 is 40.9 Å². The molecule has 1 aromatic heterocycles. The Labute approximate surface area is 159 Å². The minimum atomic E-state index is -4.93. The van der Waals surface area contributed by atoms with E-state index in [4.69, 9.17) is 25.8 Å². The molecule has 0 saturated carbocycles. The average Bonchev–Trinajstić information content (AvgIpc) is 3.11. The van der Waals surface area contributed by atoms with Crippen molar-refractivity contribution >= 4 is 11.6 Å². The molecule has 0 radical (unpaired) electrons. The zero-order chi connectivity index (χ0) is 20.6. The molecule has 1 saturated heterocycles. The van der Waals surface area contributed by atoms with Gasteiger partial charge in [-0.25, -0.2) is 13.8 Å². The van der Waals surface area contributed by atoms with Crippen molar-refractivity contribution < 1.29 is 31.8 Å². The maximum absolute atomic E-state index is 14.4. The highest BCUT2D eigenvalue weighted by molar-refractivity contribution is 6.32. The molecule has 12 heteroatoms. The van der Waals surface area contributed by atoms with Crippen LogP contribution in [0.2, 0.25) is 5.02 Å². The first-order valence-corrected chi connectivity index (χ1v) is 8.23. The van der Waals surface area contributed by atoms with Crippen molar-refractivity contribution in [2.24, 2.45) is 7.05 Å². The Morgan fingerprint density at radius 2 is 1.86 bits per heavy atom. The van der Waals surface area contributed by atoms with Gasteiger partial charge in [-0.15, -0.1) is 0 Å². The van der Waals surface area contributed by atoms with Crippen LogP contribution in [0.15, 0.2) is 27.8 Å². The van der Waals surface area contributed by atoms with Crippen molar-refractivity contribution in [1.29, 1.82) is 0 Å². The van der Waals surface area contributed by atoms with E-state index in [1.165, 1.54) is 0 Å². The number of hydrogen-bond donors (Lipinski definition) is 0. The zero-order valence-corrected chi connectivity index (χ0v) is 15.0. The molecule has 0 unspecified atom stereocenters. The maximum Gasteiger partial charge on any atom is 0.431 e. The largest absolute Gasteiger partial charge is 0.487 e. The van der Waals surface area contributed by atoms with Gasteiger partial charge in [-0.1, -0.05) is 11.6 Å². The second-order valence-corrected chi connectivity index (χ2v) is 6.17. The van der Waals surface area contributed by atoms with Gasteiger partial charge < -0.3 is 14.2 Å². The molecular formula is C16H13ClF4N2O5. The van der Waals surface area contributed by atoms with Gasteiger partial charge >= 0.3 is 11.9 Å². The number of ether oxygens (including phenoxy) is 3. The molecule has 1 fully saturated rings. The summed E-state index contributed by atoms with van der Waals surface area (Å²) in [6.45, 7) is 0.631. The molecule has 2 aromatic rings. The molecule has 2 heterocycles. The van der Waals surface area contributed by atoms with Crippen molar-refractivity contribution in [3.63, 3.8) is 0 Å². The van der Waals surface area contributed by atoms with Crippen LogP contribution < -0.4 is 16.0 Å². The van der Waals surface area contributed by atoms with Crippen molar-refractivity contribution in [3.05, 3.63) is 55.6 Å². The molecule has 28 heavy (non-hydrogen) atoms. The predicted molar refractivity (Wildman–Crippen MR) is 88.4 cm³/mol. The minimum Gasteiger partial charge on any atom is -0.487 e. The van der Waals surface area contributed by atoms with Gasteiger partial charge in [-0.2, -0.15) is 13.2 Å². The summed E-state index contributed by atoms with van der Waals surface area (Å²) < 4.78 is 69.4. The number of rotatable bonds is 4. The Bertz CT molecular complexity index is 1010. The van der Waals surface area contributed by atoms with Crippen LogP contribution in [-0.4, -0.2) is 35.2 Å². The van der Waals surface area contributed by atoms with Gasteiger partial charge in [0, 0.05) is 19.2 Å². The molecule has 0 spiro atoms. The van der Waals surface area contributed by atoms with Crippen LogP contribution in [0.5, 0.6) is 5.75 Å². The number of hydrogen-bond acceptors (Lipinski definition) is 5. The van der Waals surface area contributed by atoms with E-state index in [9.17, 15) is 27.2 Å². The Hall–Kier alpha value is -2.37. The summed E-state index contributed by atoms with van der Waals surface area (Å²) in [5.74, 6) is -1.20. The Balaban J connectivity index is 2.06. The van der Waals surface area contributed by atoms with Gasteiger partial charge in [-0.05, 0) is 6.07 Å². The minimum absolute atomic E-state index is 0.106. The van der Waals surface area contributed by atoms with Crippen LogP contribution in [0.25, 0.3) is 5.69 Å². The summed E-state index contributed by atoms with van der Waals surface area (Å²) in [6.07, 6.45) is -5.61. The van der Waals surface area contributed by atoms with Crippen molar-refractivity contribution in [1.82, 2.24) is 9.13 Å². The standard InChI is InChI=1S/C16H13ClF4N2O5/c1-22-12(16(19,20)21)6-13(24)23(15(22)25)10-5-11(8(17)4-9(10)18)28-7-14-26-2-3-27-14/h4-6,14H,2-3,7H2,1H3. The maximum atomic E-state index is 14.4. The van der Waals surface area contributed by atoms with E-state index in [1.807, 2.05) is 0 Å². The lowest BCUT2D eigenvalue weighted by Crippen LogP contribution is -2.41. The fourth-order valence-corrected chi connectivity index (χ4v) is 2.79. The molecular weight excluding hydrogens is 412 g/mol. The van der Waals surface area contributed by atoms with E-state index in [1.54, 1.807) is 0 Å². The van der Waals surface area contributed by atoms with Gasteiger partial charge in [0.2, 0.25) is 0 Å². The molecule has 0 amide bonds. The average molecular weight is 425 g/mol. The third-order valence-corrected chi connectivity index (χ3v) is 4.21. The third kappa shape index (κ3) is 3.91. The number of alkyl halides is 3. The lowest BCUT2D eigenvalue weighted by atomic mass is 10.2. The highest BCUT2D eigenvalue weighted by Gasteiger charge is 2.35. The fourth-order valence-electron chi connectivity index (χ4n) is 2.58. The number of halogens is 5. The first-order valence-electron chi connectivity index (χ1n) is 7.85. The topological polar surface area (TPSA) is 71.7 Å². The SMILES string of the molecule is Cn1c(C(F)(F)F)cc(=O)n(-c2cc(OCC3OCCO3)c(Cl)cc2F)c1=O. The molecule has 7 nitrogen and oxygen atoms in total. The summed E-state index contributed by atoms with van der Waals surface area (Å²) in [6, 6.07) is 1.94. The molecule has 3 rings (SSSR count). The van der Waals surface area contributed by atoms with E-state index in [0.717, 1.165) is 19.2 Å². The van der Waals surface area contributed by atoms with E-state index >= 15 is 0 Å². The molecule has 1 aliphatic heterocycles.